The van der Waals surface area contributed by atoms with Crippen molar-refractivity contribution in [2.45, 2.75) is 26.8 Å². The van der Waals surface area contributed by atoms with Gasteiger partial charge in [-0.2, -0.15) is 0 Å². The Hall–Kier alpha value is -2.98. The summed E-state index contributed by atoms with van der Waals surface area (Å²) < 4.78 is 6.12. The van der Waals surface area contributed by atoms with Crippen LogP contribution in [0.4, 0.5) is 0 Å². The molecule has 214 valence electrons. The molecule has 11 heteroatoms. The van der Waals surface area contributed by atoms with Gasteiger partial charge in [0, 0.05) is 73.9 Å². The second-order valence-corrected chi connectivity index (χ2v) is 11.5. The number of nitrogens with zero attached hydrogens (tertiary/aromatic N) is 6. The van der Waals surface area contributed by atoms with Gasteiger partial charge in [0.25, 0.3) is 0 Å². The molecule has 0 amide bonds. The van der Waals surface area contributed by atoms with Gasteiger partial charge in [-0.05, 0) is 62.4 Å². The average Bonchev–Trinajstić information content (AvgIpc) is 2.86. The molecule has 40 heavy (non-hydrogen) atoms. The fourth-order valence-corrected chi connectivity index (χ4v) is 5.45. The Balaban J connectivity index is 1.53. The molecule has 1 aromatic heterocycles. The molecule has 2 saturated heterocycles. The smallest absolute Gasteiger partial charge is 0.303 e. The van der Waals surface area contributed by atoms with Crippen LogP contribution in [0.2, 0.25) is 10.0 Å². The van der Waals surface area contributed by atoms with E-state index in [1.807, 2.05) is 38.1 Å². The van der Waals surface area contributed by atoms with Crippen LogP contribution >= 0.6 is 23.2 Å². The molecular weight excluding hydrogens is 551 g/mol. The number of halogens is 2. The van der Waals surface area contributed by atoms with Gasteiger partial charge in [-0.15, -0.1) is 0 Å². The number of aliphatic imine (C=N–C) groups is 2. The minimum Gasteiger partial charge on any atom is -0.481 e. The zero-order chi connectivity index (χ0) is 28.8. The number of ether oxygens (including phenoxy) is 1. The number of pyridine rings is 1. The SMILES string of the molecule is C=NC(=N/C=C(\C)Oc1cc(CN2CC(C(C)CC(=O)O)C2)cc(-c2cc(Cl)cc(Cl)c2)n1)N1CCN(C)CC1. The maximum absolute atomic E-state index is 11.1. The molecule has 3 heterocycles. The molecular formula is C29H36Cl2N6O3. The van der Waals surface area contributed by atoms with Gasteiger partial charge in [-0.3, -0.25) is 9.69 Å². The fraction of sp³-hybridized carbons (Fsp3) is 0.448. The van der Waals surface area contributed by atoms with Crippen molar-refractivity contribution < 1.29 is 14.6 Å². The number of piperazine rings is 1. The van der Waals surface area contributed by atoms with Crippen LogP contribution in [0, 0.1) is 11.8 Å². The van der Waals surface area contributed by atoms with Crippen molar-refractivity contribution in [2.75, 3.05) is 46.3 Å². The van der Waals surface area contributed by atoms with Gasteiger partial charge < -0.3 is 19.6 Å². The van der Waals surface area contributed by atoms with Crippen LogP contribution in [0.5, 0.6) is 5.88 Å². The van der Waals surface area contributed by atoms with E-state index in [-0.39, 0.29) is 12.3 Å². The maximum Gasteiger partial charge on any atom is 0.303 e. The van der Waals surface area contributed by atoms with Crippen molar-refractivity contribution in [1.82, 2.24) is 19.7 Å². The van der Waals surface area contributed by atoms with Crippen molar-refractivity contribution in [1.29, 1.82) is 0 Å². The zero-order valence-electron chi connectivity index (χ0n) is 23.2. The van der Waals surface area contributed by atoms with Crippen LogP contribution in [0.15, 0.2) is 52.3 Å². The van der Waals surface area contributed by atoms with E-state index in [1.165, 1.54) is 0 Å². The molecule has 0 aliphatic carbocycles. The molecule has 2 fully saturated rings. The van der Waals surface area contributed by atoms with E-state index in [9.17, 15) is 4.79 Å². The predicted octanol–water partition coefficient (Wildman–Crippen LogP) is 5.14. The van der Waals surface area contributed by atoms with Gasteiger partial charge in [0.15, 0.2) is 0 Å². The summed E-state index contributed by atoms with van der Waals surface area (Å²) in [6.07, 6.45) is 1.83. The molecule has 1 N–H and O–H groups in total. The first-order valence-corrected chi connectivity index (χ1v) is 14.1. The Kier molecular flexibility index (Phi) is 10.2. The van der Waals surface area contributed by atoms with Crippen LogP contribution in [-0.2, 0) is 11.3 Å². The van der Waals surface area contributed by atoms with Gasteiger partial charge in [0.2, 0.25) is 11.8 Å². The number of aromatic nitrogens is 1. The summed E-state index contributed by atoms with van der Waals surface area (Å²) in [5.74, 6) is 1.31. The van der Waals surface area contributed by atoms with Crippen LogP contribution in [0.25, 0.3) is 11.3 Å². The summed E-state index contributed by atoms with van der Waals surface area (Å²) in [7, 11) is 2.10. The number of carboxylic acids is 1. The first kappa shape index (κ1) is 30.0. The predicted molar refractivity (Wildman–Crippen MR) is 160 cm³/mol. The van der Waals surface area contributed by atoms with Crippen LogP contribution < -0.4 is 4.74 Å². The zero-order valence-corrected chi connectivity index (χ0v) is 24.7. The maximum atomic E-state index is 11.1. The minimum atomic E-state index is -0.751. The fourth-order valence-electron chi connectivity index (χ4n) is 4.92. The Morgan fingerprint density at radius 3 is 2.48 bits per heavy atom. The lowest BCUT2D eigenvalue weighted by Gasteiger charge is -2.42. The normalized spacial score (nSPS) is 18.4. The number of benzene rings is 1. The van der Waals surface area contributed by atoms with Gasteiger partial charge in [-0.25, -0.2) is 15.0 Å². The summed E-state index contributed by atoms with van der Waals surface area (Å²) in [6, 6.07) is 9.25. The molecule has 1 aromatic carbocycles. The van der Waals surface area contributed by atoms with Crippen molar-refractivity contribution in [3.8, 4) is 17.1 Å². The van der Waals surface area contributed by atoms with E-state index < -0.39 is 5.97 Å². The molecule has 1 unspecified atom stereocenters. The van der Waals surface area contributed by atoms with Crippen molar-refractivity contribution in [3.05, 3.63) is 57.9 Å². The largest absolute Gasteiger partial charge is 0.481 e. The van der Waals surface area contributed by atoms with Gasteiger partial charge in [0.1, 0.15) is 5.76 Å². The molecule has 0 spiro atoms. The molecule has 0 bridgehead atoms. The first-order valence-electron chi connectivity index (χ1n) is 13.3. The topological polar surface area (TPSA) is 93.9 Å². The number of likely N-dealkylation sites (tertiary alicyclic amines) is 1. The Labute approximate surface area is 245 Å². The summed E-state index contributed by atoms with van der Waals surface area (Å²) >= 11 is 12.6. The molecule has 1 atom stereocenters. The van der Waals surface area contributed by atoms with E-state index in [1.54, 1.807) is 12.3 Å². The molecule has 0 saturated carbocycles. The van der Waals surface area contributed by atoms with Crippen molar-refractivity contribution >= 4 is 41.8 Å². The summed E-state index contributed by atoms with van der Waals surface area (Å²) in [6.45, 7) is 13.5. The lowest BCUT2D eigenvalue weighted by atomic mass is 9.84. The number of hydrogen-bond acceptors (Lipinski definition) is 6. The Morgan fingerprint density at radius 2 is 1.85 bits per heavy atom. The molecule has 0 radical (unpaired) electrons. The second kappa shape index (κ2) is 13.6. The first-order chi connectivity index (χ1) is 19.1. The van der Waals surface area contributed by atoms with Crippen LogP contribution in [-0.4, -0.2) is 89.8 Å². The van der Waals surface area contributed by atoms with E-state index in [4.69, 9.17) is 38.0 Å². The molecule has 2 aliphatic heterocycles. The third-order valence-electron chi connectivity index (χ3n) is 7.27. The monoisotopic (exact) mass is 586 g/mol. The Bertz CT molecular complexity index is 1270. The summed E-state index contributed by atoms with van der Waals surface area (Å²) in [5.41, 5.74) is 2.49. The minimum absolute atomic E-state index is 0.142. The quantitative estimate of drug-likeness (QED) is 0.247. The Morgan fingerprint density at radius 1 is 1.18 bits per heavy atom. The van der Waals surface area contributed by atoms with E-state index in [0.717, 1.165) is 50.4 Å². The highest BCUT2D eigenvalue weighted by Gasteiger charge is 2.32. The van der Waals surface area contributed by atoms with E-state index in [0.29, 0.717) is 45.8 Å². The highest BCUT2D eigenvalue weighted by atomic mass is 35.5. The number of rotatable bonds is 9. The summed E-state index contributed by atoms with van der Waals surface area (Å²) in [5, 5.41) is 10.2. The number of allylic oxidation sites excluding steroid dienone is 1. The van der Waals surface area contributed by atoms with E-state index in [2.05, 4.69) is 38.4 Å². The highest BCUT2D eigenvalue weighted by Crippen LogP contribution is 2.31. The lowest BCUT2D eigenvalue weighted by Crippen LogP contribution is -2.49. The highest BCUT2D eigenvalue weighted by molar-refractivity contribution is 6.35. The summed E-state index contributed by atoms with van der Waals surface area (Å²) in [4.78, 5) is 31.1. The molecule has 4 rings (SSSR count). The third kappa shape index (κ3) is 8.27. The van der Waals surface area contributed by atoms with Crippen LogP contribution in [0.1, 0.15) is 25.8 Å². The van der Waals surface area contributed by atoms with Gasteiger partial charge in [0.05, 0.1) is 11.9 Å². The molecule has 2 aromatic rings. The number of likely N-dealkylation sites (N-methyl/N-ethyl adjacent to an activating group) is 1. The van der Waals surface area contributed by atoms with Gasteiger partial charge >= 0.3 is 5.97 Å². The number of carboxylic acid groups (broad SMARTS) is 1. The van der Waals surface area contributed by atoms with E-state index >= 15 is 0 Å². The second-order valence-electron chi connectivity index (χ2n) is 10.6. The number of guanidine groups is 1. The number of hydrogen-bond donors (Lipinski definition) is 1. The van der Waals surface area contributed by atoms with Crippen LogP contribution in [0.3, 0.4) is 0 Å². The van der Waals surface area contributed by atoms with Gasteiger partial charge in [-0.1, -0.05) is 30.1 Å². The average molecular weight is 588 g/mol. The van der Waals surface area contributed by atoms with Crippen molar-refractivity contribution in [3.63, 3.8) is 0 Å². The standard InChI is InChI=1S/C29H36Cl2N6O3/c1-19(9-28(38)39)23-17-36(18-23)16-21-10-26(22-12-24(30)14-25(31)13-22)34-27(11-21)40-20(2)15-33-29(32-3)37-7-5-35(4)6-8-37/h10-15,19,23H,3,5-9,16-18H2,1-2,4H3,(H,38,39)/b20-15+,33-29?. The number of aliphatic carboxylic acids is 1. The molecule has 2 aliphatic rings. The van der Waals surface area contributed by atoms with Crippen molar-refractivity contribution in [2.24, 2.45) is 21.8 Å². The molecule has 9 nitrogen and oxygen atoms in total. The third-order valence-corrected chi connectivity index (χ3v) is 7.70. The lowest BCUT2D eigenvalue weighted by molar-refractivity contribution is -0.139. The number of carbonyl (C=O) groups is 1.